The first kappa shape index (κ1) is 40.6. The van der Waals surface area contributed by atoms with E-state index in [-0.39, 0.29) is 33.5 Å². The van der Waals surface area contributed by atoms with E-state index in [0.29, 0.717) is 33.5 Å². The highest BCUT2D eigenvalue weighted by atomic mass is 16.3. The zero-order valence-corrected chi connectivity index (χ0v) is 38.7. The molecule has 8 aliphatic rings. The van der Waals surface area contributed by atoms with Gasteiger partial charge < -0.3 is 10.0 Å². The Balaban J connectivity index is 1.00. The van der Waals surface area contributed by atoms with Gasteiger partial charge in [-0.1, -0.05) is 88.8 Å². The van der Waals surface area contributed by atoms with Crippen molar-refractivity contribution < 1.29 is 14.5 Å². The molecule has 4 nitrogen and oxygen atoms in total. The van der Waals surface area contributed by atoms with Crippen LogP contribution in [0.15, 0.2) is 102 Å². The molecule has 0 amide bonds. The number of fused-ring (bicyclic) bond motifs is 2. The molecule has 6 bridgehead atoms. The van der Waals surface area contributed by atoms with Crippen LogP contribution in [0.25, 0.3) is 5.57 Å². The van der Waals surface area contributed by atoms with Gasteiger partial charge in [0.2, 0.25) is 11.4 Å². The van der Waals surface area contributed by atoms with E-state index in [2.05, 4.69) is 139 Å². The van der Waals surface area contributed by atoms with Crippen LogP contribution >= 0.6 is 0 Å². The first-order valence-corrected chi connectivity index (χ1v) is 23.5. The maximum atomic E-state index is 14.1. The average molecular weight is 813 g/mol. The minimum Gasteiger partial charge on any atom is -0.871 e. The Kier molecular flexibility index (Phi) is 9.01. The fourth-order valence-corrected chi connectivity index (χ4v) is 16.7. The van der Waals surface area contributed by atoms with Gasteiger partial charge in [0.05, 0.1) is 0 Å². The molecule has 8 aliphatic carbocycles. The molecule has 4 heteroatoms. The smallest absolute Gasteiger partial charge is 0.209 e. The number of hydrogen-bond acceptors (Lipinski definition) is 3. The lowest BCUT2D eigenvalue weighted by molar-refractivity contribution is -0.563. The summed E-state index contributed by atoms with van der Waals surface area (Å²) < 4.78 is 2.68. The van der Waals surface area contributed by atoms with Crippen molar-refractivity contribution in [2.75, 3.05) is 4.90 Å². The molecule has 6 fully saturated rings. The average Bonchev–Trinajstić information content (AvgIpc) is 3.12. The Morgan fingerprint density at radius 2 is 1.26 bits per heavy atom. The number of anilines is 2. The lowest BCUT2D eigenvalue weighted by Gasteiger charge is -2.63. The van der Waals surface area contributed by atoms with Crippen LogP contribution in [0, 0.1) is 61.2 Å². The summed E-state index contributed by atoms with van der Waals surface area (Å²) in [5.41, 5.74) is 13.3. The molecule has 0 heterocycles. The summed E-state index contributed by atoms with van der Waals surface area (Å²) in [6, 6.07) is 22.2. The van der Waals surface area contributed by atoms with Crippen LogP contribution in [0.5, 0.6) is 0 Å². The van der Waals surface area contributed by atoms with Gasteiger partial charge in [0.1, 0.15) is 0 Å². The molecule has 3 aromatic carbocycles. The lowest BCUT2D eigenvalue weighted by Crippen LogP contribution is -2.62. The largest absolute Gasteiger partial charge is 0.871 e. The number of carbonyl (C=O) groups is 1. The fourth-order valence-electron chi connectivity index (χ4n) is 16.7. The third kappa shape index (κ3) is 6.67. The number of rotatable bonds is 6. The topological polar surface area (TPSA) is 46.4 Å². The number of hydrogen-bond donors (Lipinski definition) is 0. The van der Waals surface area contributed by atoms with Crippen molar-refractivity contribution in [3.05, 3.63) is 130 Å². The quantitative estimate of drug-likeness (QED) is 0.184. The van der Waals surface area contributed by atoms with Crippen LogP contribution in [0.3, 0.4) is 0 Å². The predicted octanol–water partition coefficient (Wildman–Crippen LogP) is 13.1. The van der Waals surface area contributed by atoms with Gasteiger partial charge in [-0.05, 0) is 166 Å². The number of benzene rings is 3. The molecule has 61 heavy (non-hydrogen) atoms. The van der Waals surface area contributed by atoms with Gasteiger partial charge in [-0.15, -0.1) is 0 Å². The Hall–Kier alpha value is -4.44. The second-order valence-corrected chi connectivity index (χ2v) is 23.9. The molecule has 0 spiro atoms. The minimum absolute atomic E-state index is 0.0304. The summed E-state index contributed by atoms with van der Waals surface area (Å²) in [6.07, 6.45) is 22.0. The molecular formula is C57H68N2O2. The Morgan fingerprint density at radius 1 is 0.639 bits per heavy atom. The van der Waals surface area contributed by atoms with Crippen molar-refractivity contribution in [1.29, 1.82) is 0 Å². The van der Waals surface area contributed by atoms with Gasteiger partial charge in [-0.25, -0.2) is 0 Å². The van der Waals surface area contributed by atoms with Crippen molar-refractivity contribution >= 4 is 34.1 Å². The predicted molar refractivity (Wildman–Crippen MR) is 250 cm³/mol. The maximum absolute atomic E-state index is 14.1. The molecule has 0 radical (unpaired) electrons. The highest BCUT2D eigenvalue weighted by Gasteiger charge is 2.66. The summed E-state index contributed by atoms with van der Waals surface area (Å²) in [6.45, 7) is 23.8. The van der Waals surface area contributed by atoms with Crippen molar-refractivity contribution in [2.24, 2.45) is 33.5 Å². The lowest BCUT2D eigenvalue weighted by atomic mass is 9.42. The van der Waals surface area contributed by atoms with Gasteiger partial charge in [0.25, 0.3) is 0 Å². The molecule has 0 N–H and O–H groups in total. The van der Waals surface area contributed by atoms with Gasteiger partial charge in [-0.3, -0.25) is 4.79 Å². The van der Waals surface area contributed by atoms with E-state index in [1.165, 1.54) is 85.0 Å². The summed E-state index contributed by atoms with van der Waals surface area (Å²) in [4.78, 5) is 16.8. The molecule has 5 atom stereocenters. The van der Waals surface area contributed by atoms with Crippen molar-refractivity contribution in [3.8, 4) is 0 Å². The van der Waals surface area contributed by atoms with Crippen molar-refractivity contribution in [3.63, 3.8) is 0 Å². The second kappa shape index (κ2) is 13.5. The Bertz CT molecular complexity index is 2500. The van der Waals surface area contributed by atoms with Crippen LogP contribution in [-0.2, 0) is 4.79 Å². The molecule has 11 rings (SSSR count). The fraction of sp³-hybridized carbons (Fsp3) is 0.509. The van der Waals surface area contributed by atoms with Crippen LogP contribution in [-0.4, -0.2) is 27.1 Å². The molecule has 5 unspecified atom stereocenters. The summed E-state index contributed by atoms with van der Waals surface area (Å²) in [7, 11) is 0. The number of carbonyl (C=O) groups excluding carboxylic acids is 1. The van der Waals surface area contributed by atoms with E-state index in [4.69, 9.17) is 0 Å². The number of ketones is 1. The number of Topliss-reactive ketones (excluding diaryl/α,β-unsaturated/α-hetero) is 1. The number of aryl methyl sites for hydroxylation is 4. The van der Waals surface area contributed by atoms with Crippen LogP contribution in [0.1, 0.15) is 140 Å². The monoisotopic (exact) mass is 813 g/mol. The van der Waals surface area contributed by atoms with Crippen LogP contribution in [0.4, 0.5) is 17.1 Å². The van der Waals surface area contributed by atoms with Crippen molar-refractivity contribution in [1.82, 2.24) is 0 Å². The van der Waals surface area contributed by atoms with Gasteiger partial charge in [-0.2, -0.15) is 4.58 Å². The molecule has 318 valence electrons. The first-order valence-electron chi connectivity index (χ1n) is 23.5. The normalized spacial score (nSPS) is 34.6. The minimum atomic E-state index is -0.144. The SMILES string of the molecule is Cc1ccc(N(c2ccc(C3=C([O-])C(=C4C=CC(=[N+](c5ccc(C)cc5C)C56CC7CC(C)(CC(C)(C7)C5)C6)C=C4)C3=O)cc2)C23CC(C)CC(C)(CC(C)(C)C2)C3)c(C)c1. The standard InChI is InChI=1S/C57H68N2O2/c1-36-11-21-46(39(4)23-36)58(56-26-38(3)25-53(8,33-56)30-52(6,7)31-56)44-17-13-42(14-18-44)48-50(60)49(51(48)61)43-15-19-45(20-16-43)59(47-22-12-37(2)24-40(47)5)57-29-41-27-54(9,34-57)32-55(10,28-41)35-57/h11-24,38,41H,25-35H2,1-10H3. The molecule has 6 saturated carbocycles. The zero-order valence-electron chi connectivity index (χ0n) is 38.7. The summed E-state index contributed by atoms with van der Waals surface area (Å²) in [5, 5.41) is 14.1. The zero-order chi connectivity index (χ0) is 43.1. The van der Waals surface area contributed by atoms with Gasteiger partial charge in [0.15, 0.2) is 11.3 Å². The van der Waals surface area contributed by atoms with Crippen LogP contribution < -0.4 is 10.0 Å². The molecule has 0 aromatic heterocycles. The van der Waals surface area contributed by atoms with E-state index in [9.17, 15) is 9.90 Å². The van der Waals surface area contributed by atoms with Crippen LogP contribution in [0.2, 0.25) is 0 Å². The Morgan fingerprint density at radius 3 is 1.87 bits per heavy atom. The molecule has 3 aromatic rings. The van der Waals surface area contributed by atoms with Gasteiger partial charge in [0, 0.05) is 71.1 Å². The molecule has 0 aliphatic heterocycles. The van der Waals surface area contributed by atoms with E-state index < -0.39 is 0 Å². The Labute approximate surface area is 366 Å². The number of allylic oxidation sites excluding steroid dienone is 7. The third-order valence-corrected chi connectivity index (χ3v) is 16.5. The maximum Gasteiger partial charge on any atom is 0.209 e. The van der Waals surface area contributed by atoms with E-state index in [1.807, 2.05) is 24.3 Å². The van der Waals surface area contributed by atoms with E-state index in [0.717, 1.165) is 42.2 Å². The van der Waals surface area contributed by atoms with E-state index in [1.54, 1.807) is 0 Å². The number of nitrogens with zero attached hydrogens (tertiary/aromatic N) is 2. The highest BCUT2D eigenvalue weighted by Crippen LogP contribution is 2.68. The first-order chi connectivity index (χ1) is 28.7. The summed E-state index contributed by atoms with van der Waals surface area (Å²) in [5.74, 6) is 1.09. The highest BCUT2D eigenvalue weighted by molar-refractivity contribution is 6.39. The van der Waals surface area contributed by atoms with Gasteiger partial charge >= 0.3 is 0 Å². The summed E-state index contributed by atoms with van der Waals surface area (Å²) >= 11 is 0. The van der Waals surface area contributed by atoms with Crippen molar-refractivity contribution in [2.45, 2.75) is 151 Å². The molecular weight excluding hydrogens is 745 g/mol. The second-order valence-electron chi connectivity index (χ2n) is 23.9. The third-order valence-electron chi connectivity index (χ3n) is 16.5. The van der Waals surface area contributed by atoms with E-state index >= 15 is 0 Å². The molecule has 0 saturated heterocycles.